The summed E-state index contributed by atoms with van der Waals surface area (Å²) in [5.41, 5.74) is 0.644. The molecule has 0 aliphatic heterocycles. The Kier molecular flexibility index (Phi) is 4.70. The maximum Gasteiger partial charge on any atom is 0.129 e. The lowest BCUT2D eigenvalue weighted by Crippen LogP contribution is -2.16. The Balaban J connectivity index is 2.56. The summed E-state index contributed by atoms with van der Waals surface area (Å²) in [7, 11) is 0. The third-order valence-corrected chi connectivity index (χ3v) is 2.23. The molecule has 4 heteroatoms. The van der Waals surface area contributed by atoms with E-state index in [0.29, 0.717) is 17.1 Å². The molecular formula is C9H10BrClFN. The molecule has 1 rings (SSSR count). The highest BCUT2D eigenvalue weighted by Gasteiger charge is 2.01. The summed E-state index contributed by atoms with van der Waals surface area (Å²) >= 11 is 8.89. The molecule has 72 valence electrons. The molecule has 0 aliphatic rings. The van der Waals surface area contributed by atoms with Gasteiger partial charge in [0.2, 0.25) is 0 Å². The molecule has 0 heterocycles. The summed E-state index contributed by atoms with van der Waals surface area (Å²) in [4.78, 5) is 0. The van der Waals surface area contributed by atoms with Crippen LogP contribution in [0, 0.1) is 5.82 Å². The number of hydrogen-bond donors (Lipinski definition) is 1. The van der Waals surface area contributed by atoms with E-state index in [2.05, 4.69) is 21.2 Å². The predicted molar refractivity (Wildman–Crippen MR) is 56.9 cm³/mol. The standard InChI is InChI=1S/C9H10BrClFN/c10-3-4-13-6-7-1-2-8(11)5-9(7)12/h1-2,5,13H,3-4,6H2. The van der Waals surface area contributed by atoms with E-state index in [1.165, 1.54) is 6.07 Å². The quantitative estimate of drug-likeness (QED) is 0.653. The predicted octanol–water partition coefficient (Wildman–Crippen LogP) is 2.96. The summed E-state index contributed by atoms with van der Waals surface area (Å²) in [6, 6.07) is 4.71. The molecular weight excluding hydrogens is 256 g/mol. The molecule has 1 nitrogen and oxygen atoms in total. The Morgan fingerprint density at radius 1 is 1.46 bits per heavy atom. The highest BCUT2D eigenvalue weighted by atomic mass is 79.9. The molecule has 0 spiro atoms. The molecule has 0 bridgehead atoms. The molecule has 0 aromatic heterocycles. The third kappa shape index (κ3) is 3.63. The Morgan fingerprint density at radius 2 is 2.23 bits per heavy atom. The van der Waals surface area contributed by atoms with Crippen molar-refractivity contribution >= 4 is 27.5 Å². The highest BCUT2D eigenvalue weighted by molar-refractivity contribution is 9.09. The first-order chi connectivity index (χ1) is 6.24. The van der Waals surface area contributed by atoms with Gasteiger partial charge >= 0.3 is 0 Å². The van der Waals surface area contributed by atoms with Crippen LogP contribution in [0.1, 0.15) is 5.56 Å². The van der Waals surface area contributed by atoms with Crippen LogP contribution < -0.4 is 5.32 Å². The summed E-state index contributed by atoms with van der Waals surface area (Å²) in [6.45, 7) is 1.36. The van der Waals surface area contributed by atoms with E-state index in [0.717, 1.165) is 11.9 Å². The molecule has 0 aliphatic carbocycles. The van der Waals surface area contributed by atoms with Gasteiger partial charge in [-0.25, -0.2) is 4.39 Å². The zero-order valence-corrected chi connectivity index (χ0v) is 9.33. The van der Waals surface area contributed by atoms with Crippen molar-refractivity contribution in [3.8, 4) is 0 Å². The zero-order valence-electron chi connectivity index (χ0n) is 6.99. The molecule has 1 aromatic carbocycles. The van der Waals surface area contributed by atoms with Crippen molar-refractivity contribution in [2.45, 2.75) is 6.54 Å². The maximum absolute atomic E-state index is 13.1. The fourth-order valence-electron chi connectivity index (χ4n) is 0.955. The normalized spacial score (nSPS) is 10.4. The Bertz CT molecular complexity index is 280. The average molecular weight is 267 g/mol. The SMILES string of the molecule is Fc1cc(Cl)ccc1CNCCBr. The third-order valence-electron chi connectivity index (χ3n) is 1.60. The minimum absolute atomic E-state index is 0.255. The molecule has 0 unspecified atom stereocenters. The van der Waals surface area contributed by atoms with Crippen molar-refractivity contribution < 1.29 is 4.39 Å². The summed E-state index contributed by atoms with van der Waals surface area (Å²) in [5, 5.41) is 4.38. The van der Waals surface area contributed by atoms with Crippen molar-refractivity contribution in [2.24, 2.45) is 0 Å². The van der Waals surface area contributed by atoms with Gasteiger partial charge in [-0.3, -0.25) is 0 Å². The average Bonchev–Trinajstić information content (AvgIpc) is 2.09. The maximum atomic E-state index is 13.1. The fraction of sp³-hybridized carbons (Fsp3) is 0.333. The largest absolute Gasteiger partial charge is 0.312 e. The Hall–Kier alpha value is -0.120. The van der Waals surface area contributed by atoms with Crippen LogP contribution in [0.5, 0.6) is 0 Å². The number of alkyl halides is 1. The van der Waals surface area contributed by atoms with Crippen LogP contribution in [0.4, 0.5) is 4.39 Å². The van der Waals surface area contributed by atoms with Crippen LogP contribution in [0.15, 0.2) is 18.2 Å². The molecule has 0 saturated heterocycles. The van der Waals surface area contributed by atoms with Gasteiger partial charge in [-0.15, -0.1) is 0 Å². The topological polar surface area (TPSA) is 12.0 Å². The van der Waals surface area contributed by atoms with E-state index in [4.69, 9.17) is 11.6 Å². The molecule has 0 saturated carbocycles. The van der Waals surface area contributed by atoms with Gasteiger partial charge in [-0.2, -0.15) is 0 Å². The van der Waals surface area contributed by atoms with Gasteiger partial charge in [0.05, 0.1) is 0 Å². The minimum atomic E-state index is -0.255. The lowest BCUT2D eigenvalue weighted by Gasteiger charge is -2.04. The number of rotatable bonds is 4. The number of nitrogens with one attached hydrogen (secondary N) is 1. The van der Waals surface area contributed by atoms with E-state index in [1.54, 1.807) is 12.1 Å². The monoisotopic (exact) mass is 265 g/mol. The van der Waals surface area contributed by atoms with Gasteiger partial charge in [0.1, 0.15) is 5.82 Å². The van der Waals surface area contributed by atoms with Crippen molar-refractivity contribution in [3.05, 3.63) is 34.6 Å². The summed E-state index contributed by atoms with van der Waals surface area (Å²) in [6.07, 6.45) is 0. The van der Waals surface area contributed by atoms with Crippen LogP contribution in [0.3, 0.4) is 0 Å². The van der Waals surface area contributed by atoms with E-state index < -0.39 is 0 Å². The van der Waals surface area contributed by atoms with Crippen molar-refractivity contribution in [1.29, 1.82) is 0 Å². The van der Waals surface area contributed by atoms with Gasteiger partial charge < -0.3 is 5.32 Å². The van der Waals surface area contributed by atoms with Gasteiger partial charge in [-0.05, 0) is 12.1 Å². The van der Waals surface area contributed by atoms with Crippen LogP contribution in [0.25, 0.3) is 0 Å². The molecule has 13 heavy (non-hydrogen) atoms. The number of halogens is 3. The highest BCUT2D eigenvalue weighted by Crippen LogP contribution is 2.14. The lowest BCUT2D eigenvalue weighted by atomic mass is 10.2. The van der Waals surface area contributed by atoms with Crippen molar-refractivity contribution in [3.63, 3.8) is 0 Å². The van der Waals surface area contributed by atoms with Gasteiger partial charge in [0.15, 0.2) is 0 Å². The first kappa shape index (κ1) is 11.0. The Labute approximate surface area is 90.4 Å². The molecule has 1 N–H and O–H groups in total. The first-order valence-corrected chi connectivity index (χ1v) is 5.44. The minimum Gasteiger partial charge on any atom is -0.312 e. The van der Waals surface area contributed by atoms with Gasteiger partial charge in [-0.1, -0.05) is 33.6 Å². The number of hydrogen-bond acceptors (Lipinski definition) is 1. The van der Waals surface area contributed by atoms with Crippen LogP contribution >= 0.6 is 27.5 Å². The van der Waals surface area contributed by atoms with Gasteiger partial charge in [0, 0.05) is 29.0 Å². The van der Waals surface area contributed by atoms with Crippen molar-refractivity contribution in [1.82, 2.24) is 5.32 Å². The molecule has 0 atom stereocenters. The van der Waals surface area contributed by atoms with E-state index in [9.17, 15) is 4.39 Å². The molecule has 0 amide bonds. The van der Waals surface area contributed by atoms with Crippen molar-refractivity contribution in [2.75, 3.05) is 11.9 Å². The zero-order chi connectivity index (χ0) is 9.68. The number of benzene rings is 1. The van der Waals surface area contributed by atoms with E-state index in [-0.39, 0.29) is 5.82 Å². The molecule has 0 fully saturated rings. The van der Waals surface area contributed by atoms with Crippen LogP contribution in [-0.4, -0.2) is 11.9 Å². The van der Waals surface area contributed by atoms with E-state index in [1.807, 2.05) is 0 Å². The Morgan fingerprint density at radius 3 is 2.85 bits per heavy atom. The summed E-state index contributed by atoms with van der Waals surface area (Å²) < 4.78 is 13.1. The summed E-state index contributed by atoms with van der Waals surface area (Å²) in [5.74, 6) is -0.255. The second kappa shape index (κ2) is 5.58. The van der Waals surface area contributed by atoms with E-state index >= 15 is 0 Å². The fourth-order valence-corrected chi connectivity index (χ4v) is 1.39. The molecule has 1 aromatic rings. The first-order valence-electron chi connectivity index (χ1n) is 3.94. The van der Waals surface area contributed by atoms with Crippen LogP contribution in [-0.2, 0) is 6.54 Å². The lowest BCUT2D eigenvalue weighted by molar-refractivity contribution is 0.594. The second-order valence-corrected chi connectivity index (χ2v) is 3.83. The van der Waals surface area contributed by atoms with Crippen LogP contribution in [0.2, 0.25) is 5.02 Å². The second-order valence-electron chi connectivity index (χ2n) is 2.60. The molecule has 0 radical (unpaired) electrons. The smallest absolute Gasteiger partial charge is 0.129 e. The van der Waals surface area contributed by atoms with Gasteiger partial charge in [0.25, 0.3) is 0 Å².